The Morgan fingerprint density at radius 2 is 2.12 bits per heavy atom. The predicted molar refractivity (Wildman–Crippen MR) is 70.5 cm³/mol. The summed E-state index contributed by atoms with van der Waals surface area (Å²) < 4.78 is 10.9. The number of ether oxygens (including phenoxy) is 2. The lowest BCUT2D eigenvalue weighted by molar-refractivity contribution is 0.0770. The first-order chi connectivity index (χ1) is 8.29. The normalized spacial score (nSPS) is 18.5. The quantitative estimate of drug-likeness (QED) is 0.649. The Morgan fingerprint density at radius 1 is 1.24 bits per heavy atom. The van der Waals surface area contributed by atoms with E-state index in [1.807, 2.05) is 0 Å². The van der Waals surface area contributed by atoms with Crippen molar-refractivity contribution in [3.05, 3.63) is 0 Å². The largest absolute Gasteiger partial charge is 0.380 e. The number of nitrogens with one attached hydrogen (secondary N) is 1. The lowest BCUT2D eigenvalue weighted by atomic mass is 10.4. The van der Waals surface area contributed by atoms with Crippen LogP contribution in [0, 0.1) is 0 Å². The topological polar surface area (TPSA) is 33.7 Å². The van der Waals surface area contributed by atoms with Crippen molar-refractivity contribution in [3.63, 3.8) is 0 Å². The molecule has 0 aliphatic carbocycles. The van der Waals surface area contributed by atoms with Gasteiger partial charge >= 0.3 is 0 Å². The van der Waals surface area contributed by atoms with E-state index >= 15 is 0 Å². The van der Waals surface area contributed by atoms with Crippen molar-refractivity contribution in [1.29, 1.82) is 0 Å². The van der Waals surface area contributed by atoms with Crippen LogP contribution in [0.2, 0.25) is 0 Å². The Labute approximate surface area is 106 Å². The molecule has 0 saturated carbocycles. The van der Waals surface area contributed by atoms with Gasteiger partial charge in [0.05, 0.1) is 12.7 Å². The van der Waals surface area contributed by atoms with E-state index in [0.29, 0.717) is 6.10 Å². The minimum Gasteiger partial charge on any atom is -0.380 e. The monoisotopic (exact) mass is 244 g/mol. The third-order valence-electron chi connectivity index (χ3n) is 2.87. The van der Waals surface area contributed by atoms with Crippen molar-refractivity contribution in [1.82, 2.24) is 10.2 Å². The minimum absolute atomic E-state index is 0.354. The molecule has 1 saturated heterocycles. The molecule has 0 aromatic rings. The lowest BCUT2D eigenvalue weighted by Crippen LogP contribution is -2.34. The number of hydrogen-bond acceptors (Lipinski definition) is 4. The molecule has 0 unspecified atom stereocenters. The highest BCUT2D eigenvalue weighted by Gasteiger charge is 2.07. The Kier molecular flexibility index (Phi) is 8.61. The summed E-state index contributed by atoms with van der Waals surface area (Å²) in [5, 5.41) is 3.46. The van der Waals surface area contributed by atoms with Crippen LogP contribution in [0.15, 0.2) is 0 Å². The SMILES string of the molecule is CC(C)OCCCNCCN1CCCOCC1. The fraction of sp³-hybridized carbons (Fsp3) is 1.00. The molecule has 1 aliphatic heterocycles. The Hall–Kier alpha value is -0.160. The minimum atomic E-state index is 0.354. The molecule has 4 heteroatoms. The summed E-state index contributed by atoms with van der Waals surface area (Å²) in [5.41, 5.74) is 0. The Bertz CT molecular complexity index is 169. The second-order valence-electron chi connectivity index (χ2n) is 4.83. The van der Waals surface area contributed by atoms with Gasteiger partial charge in [-0.25, -0.2) is 0 Å². The molecule has 1 fully saturated rings. The van der Waals surface area contributed by atoms with E-state index in [1.165, 1.54) is 13.0 Å². The van der Waals surface area contributed by atoms with E-state index in [9.17, 15) is 0 Å². The fourth-order valence-electron chi connectivity index (χ4n) is 1.90. The van der Waals surface area contributed by atoms with Crippen molar-refractivity contribution in [2.45, 2.75) is 32.8 Å². The van der Waals surface area contributed by atoms with Crippen LogP contribution in [0.25, 0.3) is 0 Å². The molecule has 17 heavy (non-hydrogen) atoms. The molecule has 0 spiro atoms. The van der Waals surface area contributed by atoms with Crippen molar-refractivity contribution in [2.24, 2.45) is 0 Å². The third-order valence-corrected chi connectivity index (χ3v) is 2.87. The van der Waals surface area contributed by atoms with E-state index in [4.69, 9.17) is 9.47 Å². The van der Waals surface area contributed by atoms with Crippen LogP contribution in [-0.4, -0.2) is 63.5 Å². The van der Waals surface area contributed by atoms with E-state index < -0.39 is 0 Å². The zero-order chi connectivity index (χ0) is 12.3. The lowest BCUT2D eigenvalue weighted by Gasteiger charge is -2.19. The van der Waals surface area contributed by atoms with Gasteiger partial charge in [-0.05, 0) is 33.2 Å². The summed E-state index contributed by atoms with van der Waals surface area (Å²) in [7, 11) is 0. The molecule has 1 N–H and O–H groups in total. The van der Waals surface area contributed by atoms with Gasteiger partial charge in [-0.2, -0.15) is 0 Å². The van der Waals surface area contributed by atoms with E-state index in [2.05, 4.69) is 24.1 Å². The molecule has 0 aromatic heterocycles. The third kappa shape index (κ3) is 8.55. The molecule has 1 aliphatic rings. The highest BCUT2D eigenvalue weighted by Crippen LogP contribution is 1.97. The average molecular weight is 244 g/mol. The Balaban J connectivity index is 1.86. The average Bonchev–Trinajstić information content (AvgIpc) is 2.56. The van der Waals surface area contributed by atoms with Gasteiger partial charge in [-0.1, -0.05) is 0 Å². The van der Waals surface area contributed by atoms with Gasteiger partial charge in [-0.3, -0.25) is 4.90 Å². The molecule has 0 amide bonds. The van der Waals surface area contributed by atoms with Crippen LogP contribution in [0.5, 0.6) is 0 Å². The first-order valence-electron chi connectivity index (χ1n) is 6.91. The summed E-state index contributed by atoms with van der Waals surface area (Å²) in [5.74, 6) is 0. The molecule has 1 heterocycles. The molecule has 0 atom stereocenters. The second-order valence-corrected chi connectivity index (χ2v) is 4.83. The predicted octanol–water partition coefficient (Wildman–Crippen LogP) is 1.11. The van der Waals surface area contributed by atoms with Gasteiger partial charge < -0.3 is 14.8 Å². The number of rotatable bonds is 8. The molecular formula is C13H28N2O2. The molecule has 4 nitrogen and oxygen atoms in total. The zero-order valence-corrected chi connectivity index (χ0v) is 11.4. The first kappa shape index (κ1) is 14.9. The van der Waals surface area contributed by atoms with E-state index in [0.717, 1.165) is 52.4 Å². The highest BCUT2D eigenvalue weighted by molar-refractivity contribution is 4.62. The van der Waals surface area contributed by atoms with Gasteiger partial charge in [-0.15, -0.1) is 0 Å². The maximum absolute atomic E-state index is 5.49. The maximum atomic E-state index is 5.49. The maximum Gasteiger partial charge on any atom is 0.0593 e. The van der Waals surface area contributed by atoms with Gasteiger partial charge in [0.15, 0.2) is 0 Å². The van der Waals surface area contributed by atoms with Gasteiger partial charge in [0, 0.05) is 39.4 Å². The molecule has 102 valence electrons. The summed E-state index contributed by atoms with van der Waals surface area (Å²) in [6.07, 6.45) is 2.62. The Morgan fingerprint density at radius 3 is 2.94 bits per heavy atom. The van der Waals surface area contributed by atoms with Gasteiger partial charge in [0.25, 0.3) is 0 Å². The fourth-order valence-corrected chi connectivity index (χ4v) is 1.90. The van der Waals surface area contributed by atoms with Crippen LogP contribution < -0.4 is 5.32 Å². The van der Waals surface area contributed by atoms with E-state index in [-0.39, 0.29) is 0 Å². The summed E-state index contributed by atoms with van der Waals surface area (Å²) >= 11 is 0. The first-order valence-corrected chi connectivity index (χ1v) is 6.91. The summed E-state index contributed by atoms with van der Waals surface area (Å²) in [6.45, 7) is 12.4. The van der Waals surface area contributed by atoms with E-state index in [1.54, 1.807) is 0 Å². The van der Waals surface area contributed by atoms with Crippen LogP contribution in [0.3, 0.4) is 0 Å². The van der Waals surface area contributed by atoms with Crippen LogP contribution >= 0.6 is 0 Å². The van der Waals surface area contributed by atoms with Gasteiger partial charge in [0.1, 0.15) is 0 Å². The van der Waals surface area contributed by atoms with Gasteiger partial charge in [0.2, 0.25) is 0 Å². The molecule has 0 aromatic carbocycles. The van der Waals surface area contributed by atoms with Crippen molar-refractivity contribution >= 4 is 0 Å². The molecule has 0 radical (unpaired) electrons. The molecular weight excluding hydrogens is 216 g/mol. The van der Waals surface area contributed by atoms with Crippen LogP contribution in [-0.2, 0) is 9.47 Å². The van der Waals surface area contributed by atoms with Crippen LogP contribution in [0.4, 0.5) is 0 Å². The smallest absolute Gasteiger partial charge is 0.0593 e. The standard InChI is InChI=1S/C13H28N2O2/c1-13(2)17-11-3-5-14-6-8-15-7-4-10-16-12-9-15/h13-14H,3-12H2,1-2H3. The highest BCUT2D eigenvalue weighted by atomic mass is 16.5. The molecule has 0 bridgehead atoms. The van der Waals surface area contributed by atoms with Crippen molar-refractivity contribution in [2.75, 3.05) is 52.5 Å². The number of nitrogens with zero attached hydrogens (tertiary/aromatic N) is 1. The van der Waals surface area contributed by atoms with Crippen molar-refractivity contribution in [3.8, 4) is 0 Å². The summed E-state index contributed by atoms with van der Waals surface area (Å²) in [6, 6.07) is 0. The number of hydrogen-bond donors (Lipinski definition) is 1. The summed E-state index contributed by atoms with van der Waals surface area (Å²) in [4.78, 5) is 2.48. The van der Waals surface area contributed by atoms with Crippen molar-refractivity contribution < 1.29 is 9.47 Å². The molecule has 1 rings (SSSR count). The zero-order valence-electron chi connectivity index (χ0n) is 11.4. The van der Waals surface area contributed by atoms with Crippen LogP contribution in [0.1, 0.15) is 26.7 Å². The second kappa shape index (κ2) is 9.83.